The van der Waals surface area contributed by atoms with Crippen LogP contribution in [0.3, 0.4) is 0 Å². The highest BCUT2D eigenvalue weighted by Gasteiger charge is 2.40. The number of carboxylic acids is 1. The monoisotopic (exact) mass is 639 g/mol. The summed E-state index contributed by atoms with van der Waals surface area (Å²) in [6.45, 7) is 13.7. The van der Waals surface area contributed by atoms with Crippen LogP contribution >= 0.6 is 11.3 Å². The Morgan fingerprint density at radius 2 is 1.82 bits per heavy atom. The number of ether oxygens (including phenoxy) is 2. The first-order valence-electron chi connectivity index (χ1n) is 15.8. The summed E-state index contributed by atoms with van der Waals surface area (Å²) < 4.78 is 11.4. The molecule has 6 atom stereocenters. The fourth-order valence-corrected chi connectivity index (χ4v) is 6.68. The van der Waals surface area contributed by atoms with E-state index < -0.39 is 42.2 Å². The third-order valence-electron chi connectivity index (χ3n) is 8.60. The molecule has 1 aromatic heterocycles. The van der Waals surface area contributed by atoms with Crippen molar-refractivity contribution in [2.75, 3.05) is 20.3 Å². The predicted molar refractivity (Wildman–Crippen MR) is 168 cm³/mol. The van der Waals surface area contributed by atoms with E-state index in [1.807, 2.05) is 48.6 Å². The van der Waals surface area contributed by atoms with E-state index in [-0.39, 0.29) is 61.3 Å². The molecule has 1 aliphatic heterocycles. The molecule has 1 aromatic rings. The van der Waals surface area contributed by atoms with Crippen molar-refractivity contribution in [3.8, 4) is 0 Å². The molecule has 2 heterocycles. The Morgan fingerprint density at radius 1 is 1.14 bits per heavy atom. The third-order valence-corrected chi connectivity index (χ3v) is 9.54. The van der Waals surface area contributed by atoms with Gasteiger partial charge >= 0.3 is 17.9 Å². The van der Waals surface area contributed by atoms with E-state index in [0.29, 0.717) is 5.01 Å². The molecule has 0 bridgehead atoms. The topological polar surface area (TPSA) is 147 Å². The number of carbonyl (C=O) groups excluding carboxylic acids is 3. The third kappa shape index (κ3) is 11.2. The normalized spacial score (nSPS) is 19.4. The number of likely N-dealkylation sites (tertiary alicyclic amines) is 1. The van der Waals surface area contributed by atoms with Crippen molar-refractivity contribution in [2.24, 2.45) is 23.7 Å². The number of Topliss-reactive ketones (excluding diaryl/α,β-unsaturated/α-hetero) is 1. The molecular weight excluding hydrogens is 586 g/mol. The van der Waals surface area contributed by atoms with Crippen LogP contribution in [0.25, 0.3) is 0 Å². The summed E-state index contributed by atoms with van der Waals surface area (Å²) in [6, 6.07) is -0.681. The number of aliphatic hydroxyl groups is 1. The highest BCUT2D eigenvalue weighted by molar-refractivity contribution is 7.09. The average Bonchev–Trinajstić information content (AvgIpc) is 3.44. The van der Waals surface area contributed by atoms with Gasteiger partial charge in [-0.1, -0.05) is 54.4 Å². The molecular formula is C32H53N3O8S. The molecule has 11 nitrogen and oxygen atoms in total. The first-order valence-corrected chi connectivity index (χ1v) is 16.7. The van der Waals surface area contributed by atoms with E-state index in [0.717, 1.165) is 43.6 Å². The maximum absolute atomic E-state index is 13.6. The molecule has 12 heteroatoms. The van der Waals surface area contributed by atoms with Crippen LogP contribution in [0.4, 0.5) is 0 Å². The zero-order valence-electron chi connectivity index (χ0n) is 27.7. The van der Waals surface area contributed by atoms with Crippen molar-refractivity contribution in [2.45, 2.75) is 118 Å². The van der Waals surface area contributed by atoms with Crippen LogP contribution in [0, 0.1) is 23.7 Å². The molecule has 2 N–H and O–H groups in total. The number of ketones is 1. The molecule has 1 saturated heterocycles. The summed E-state index contributed by atoms with van der Waals surface area (Å²) >= 11 is 1.08. The minimum Gasteiger partial charge on any atom is -0.476 e. The Balaban J connectivity index is 2.48. The number of hydrogen-bond acceptors (Lipinski definition) is 11. The Labute approximate surface area is 266 Å². The van der Waals surface area contributed by atoms with Crippen LogP contribution in [0.2, 0.25) is 0 Å². The second kappa shape index (κ2) is 17.9. The Hall–Kier alpha value is -2.41. The average molecular weight is 640 g/mol. The van der Waals surface area contributed by atoms with Gasteiger partial charge in [0, 0.05) is 43.5 Å². The van der Waals surface area contributed by atoms with Crippen molar-refractivity contribution < 1.29 is 38.9 Å². The predicted octanol–water partition coefficient (Wildman–Crippen LogP) is 5.13. The van der Waals surface area contributed by atoms with Gasteiger partial charge in [-0.3, -0.25) is 19.3 Å². The van der Waals surface area contributed by atoms with Gasteiger partial charge in [-0.25, -0.2) is 14.7 Å². The minimum atomic E-state index is -1.19. The number of esters is 2. The zero-order valence-corrected chi connectivity index (χ0v) is 28.5. The summed E-state index contributed by atoms with van der Waals surface area (Å²) in [5, 5.41) is 23.2. The number of thiazole rings is 1. The van der Waals surface area contributed by atoms with Gasteiger partial charge in [-0.05, 0) is 44.2 Å². The maximum Gasteiger partial charge on any atom is 0.355 e. The Kier molecular flexibility index (Phi) is 15.4. The van der Waals surface area contributed by atoms with E-state index >= 15 is 0 Å². The molecule has 0 aliphatic carbocycles. The highest BCUT2D eigenvalue weighted by atomic mass is 32.1. The lowest BCUT2D eigenvalue weighted by Gasteiger charge is -2.43. The van der Waals surface area contributed by atoms with Crippen molar-refractivity contribution in [1.29, 1.82) is 0 Å². The molecule has 44 heavy (non-hydrogen) atoms. The number of piperidine rings is 1. The molecule has 0 aromatic carbocycles. The SMILES string of the molecule is CC[C@H](C)[C@H](CC(=O)[C@H]1CCCCN1C)[C@H](O)N(COC(=O)CC(C)C)[C@H](C[C@@H](OC(C)=O)c1nc(C(=O)O)cs1)C(C)C. The molecule has 2 rings (SSSR count). The number of aliphatic hydroxyl groups excluding tert-OH is 1. The lowest BCUT2D eigenvalue weighted by molar-refractivity contribution is -0.171. The van der Waals surface area contributed by atoms with E-state index in [4.69, 9.17) is 9.47 Å². The summed E-state index contributed by atoms with van der Waals surface area (Å²) in [7, 11) is 1.97. The number of carbonyl (C=O) groups is 4. The van der Waals surface area contributed by atoms with Gasteiger partial charge in [-0.2, -0.15) is 0 Å². The fourth-order valence-electron chi connectivity index (χ4n) is 5.85. The molecule has 1 aliphatic rings. The van der Waals surface area contributed by atoms with Crippen LogP contribution in [-0.2, 0) is 23.9 Å². The Bertz CT molecular complexity index is 1090. The Morgan fingerprint density at radius 3 is 2.34 bits per heavy atom. The fraction of sp³-hybridized carbons (Fsp3) is 0.781. The van der Waals surface area contributed by atoms with Gasteiger partial charge in [0.2, 0.25) is 0 Å². The van der Waals surface area contributed by atoms with E-state index in [1.54, 1.807) is 4.90 Å². The van der Waals surface area contributed by atoms with Crippen LogP contribution in [-0.4, -0.2) is 87.3 Å². The van der Waals surface area contributed by atoms with Crippen molar-refractivity contribution >= 4 is 35.0 Å². The summed E-state index contributed by atoms with van der Waals surface area (Å²) in [5.74, 6) is -2.56. The number of likely N-dealkylation sites (N-methyl/N-ethyl adjacent to an activating group) is 1. The van der Waals surface area contributed by atoms with Crippen LogP contribution in [0.15, 0.2) is 5.38 Å². The smallest absolute Gasteiger partial charge is 0.355 e. The molecule has 250 valence electrons. The van der Waals surface area contributed by atoms with Gasteiger partial charge < -0.3 is 19.7 Å². The van der Waals surface area contributed by atoms with Crippen LogP contribution in [0.1, 0.15) is 115 Å². The lowest BCUT2D eigenvalue weighted by Crippen LogP contribution is -2.53. The standard InChI is InChI=1S/C32H53N3O8S/c1-9-21(6)23(15-27(37)25-12-10-11-13-34(25)8)31(39)35(18-42-29(38)14-19(2)3)26(20(4)5)16-28(43-22(7)36)30-33-24(17-44-30)32(40)41/h17,19-21,23,25-26,28,31,39H,9-16,18H2,1-8H3,(H,40,41)/t21-,23-,25+,26+,28+,31-/m0/s1. The number of aromatic nitrogens is 1. The summed E-state index contributed by atoms with van der Waals surface area (Å²) in [5.41, 5.74) is -0.147. The van der Waals surface area contributed by atoms with Gasteiger partial charge in [0.25, 0.3) is 0 Å². The summed E-state index contributed by atoms with van der Waals surface area (Å²) in [6.07, 6.45) is 2.08. The van der Waals surface area contributed by atoms with Crippen LogP contribution in [0.5, 0.6) is 0 Å². The molecule has 0 radical (unpaired) electrons. The first-order chi connectivity index (χ1) is 20.7. The van der Waals surface area contributed by atoms with Gasteiger partial charge in [0.05, 0.1) is 6.04 Å². The van der Waals surface area contributed by atoms with E-state index in [1.165, 1.54) is 12.3 Å². The van der Waals surface area contributed by atoms with Crippen molar-refractivity contribution in [3.05, 3.63) is 16.1 Å². The molecule has 0 amide bonds. The molecule has 0 spiro atoms. The highest BCUT2D eigenvalue weighted by Crippen LogP contribution is 2.35. The number of aromatic carboxylic acids is 1. The van der Waals surface area contributed by atoms with Crippen LogP contribution < -0.4 is 0 Å². The quantitative estimate of drug-likeness (QED) is 0.163. The van der Waals surface area contributed by atoms with E-state index in [2.05, 4.69) is 9.88 Å². The number of nitrogens with zero attached hydrogens (tertiary/aromatic N) is 3. The largest absolute Gasteiger partial charge is 0.476 e. The number of carboxylic acid groups (broad SMARTS) is 1. The maximum atomic E-state index is 13.6. The number of rotatable bonds is 18. The van der Waals surface area contributed by atoms with E-state index in [9.17, 15) is 29.4 Å². The number of hydrogen-bond donors (Lipinski definition) is 2. The lowest BCUT2D eigenvalue weighted by atomic mass is 9.82. The second-order valence-corrected chi connectivity index (χ2v) is 13.8. The minimum absolute atomic E-state index is 0.0223. The van der Waals surface area contributed by atoms with Crippen molar-refractivity contribution in [3.63, 3.8) is 0 Å². The van der Waals surface area contributed by atoms with Gasteiger partial charge in [0.1, 0.15) is 23.7 Å². The van der Waals surface area contributed by atoms with Crippen molar-refractivity contribution in [1.82, 2.24) is 14.8 Å². The second-order valence-electron chi connectivity index (χ2n) is 12.9. The summed E-state index contributed by atoms with van der Waals surface area (Å²) in [4.78, 5) is 58.0. The van der Waals surface area contributed by atoms with Gasteiger partial charge in [0.15, 0.2) is 11.8 Å². The molecule has 1 fully saturated rings. The first kappa shape index (κ1) is 37.8. The molecule has 0 unspecified atom stereocenters. The van der Waals surface area contributed by atoms with Gasteiger partial charge in [-0.15, -0.1) is 11.3 Å². The zero-order chi connectivity index (χ0) is 33.1. The molecule has 0 saturated carbocycles.